The van der Waals surface area contributed by atoms with Crippen molar-refractivity contribution in [1.82, 2.24) is 4.90 Å². The molecule has 0 aliphatic heterocycles. The Morgan fingerprint density at radius 2 is 1.67 bits per heavy atom. The van der Waals surface area contributed by atoms with E-state index in [1.165, 1.54) is 4.90 Å². The zero-order valence-electron chi connectivity index (χ0n) is 9.73. The molecule has 0 bridgehead atoms. The third-order valence-electron chi connectivity index (χ3n) is 2.96. The fourth-order valence-electron chi connectivity index (χ4n) is 2.31. The first-order valence-corrected chi connectivity index (χ1v) is 5.52. The summed E-state index contributed by atoms with van der Waals surface area (Å²) in [5.74, 6) is 0. The maximum atomic E-state index is 11.2. The van der Waals surface area contributed by atoms with Crippen LogP contribution in [0.4, 0.5) is 4.79 Å². The minimum absolute atomic E-state index is 0.0610. The lowest BCUT2D eigenvalue weighted by Crippen LogP contribution is -2.52. The Hall–Kier alpha value is -0.770. The van der Waals surface area contributed by atoms with E-state index in [0.717, 1.165) is 12.8 Å². The summed E-state index contributed by atoms with van der Waals surface area (Å²) in [5, 5.41) is 18.6. The zero-order chi connectivity index (χ0) is 11.6. The predicted molar refractivity (Wildman–Crippen MR) is 57.9 cm³/mol. The van der Waals surface area contributed by atoms with Gasteiger partial charge in [0.15, 0.2) is 0 Å². The van der Waals surface area contributed by atoms with Crippen LogP contribution in [-0.2, 0) is 0 Å². The third-order valence-corrected chi connectivity index (χ3v) is 2.96. The second kappa shape index (κ2) is 4.39. The Balaban J connectivity index is 2.69. The van der Waals surface area contributed by atoms with Crippen molar-refractivity contribution in [3.05, 3.63) is 0 Å². The summed E-state index contributed by atoms with van der Waals surface area (Å²) in [5.41, 5.74) is -0.362. The molecule has 1 saturated carbocycles. The van der Waals surface area contributed by atoms with Gasteiger partial charge in [-0.3, -0.25) is 0 Å². The van der Waals surface area contributed by atoms with E-state index in [-0.39, 0.29) is 17.7 Å². The summed E-state index contributed by atoms with van der Waals surface area (Å²) >= 11 is 0. The first kappa shape index (κ1) is 12.3. The number of nitrogens with zero attached hydrogens (tertiary/aromatic N) is 1. The summed E-state index contributed by atoms with van der Waals surface area (Å²) < 4.78 is 0. The fourth-order valence-corrected chi connectivity index (χ4v) is 2.31. The number of rotatable bonds is 1. The van der Waals surface area contributed by atoms with E-state index in [9.17, 15) is 15.0 Å². The number of amides is 1. The molecule has 0 spiro atoms. The number of aliphatic hydroxyl groups is 1. The van der Waals surface area contributed by atoms with Crippen LogP contribution in [0.2, 0.25) is 0 Å². The van der Waals surface area contributed by atoms with Crippen molar-refractivity contribution in [2.45, 2.75) is 64.1 Å². The lowest BCUT2D eigenvalue weighted by atomic mass is 9.89. The number of aliphatic hydroxyl groups excluding tert-OH is 1. The number of hydrogen-bond acceptors (Lipinski definition) is 2. The largest absolute Gasteiger partial charge is 0.465 e. The molecule has 4 nitrogen and oxygen atoms in total. The average molecular weight is 215 g/mol. The number of hydrogen-bond donors (Lipinski definition) is 2. The maximum absolute atomic E-state index is 11.2. The molecule has 15 heavy (non-hydrogen) atoms. The van der Waals surface area contributed by atoms with Gasteiger partial charge in [0.2, 0.25) is 0 Å². The number of carbonyl (C=O) groups is 1. The van der Waals surface area contributed by atoms with E-state index in [2.05, 4.69) is 0 Å². The molecule has 0 aromatic carbocycles. The molecule has 88 valence electrons. The van der Waals surface area contributed by atoms with Crippen LogP contribution in [0.15, 0.2) is 0 Å². The van der Waals surface area contributed by atoms with Crippen LogP contribution < -0.4 is 0 Å². The highest BCUT2D eigenvalue weighted by Crippen LogP contribution is 2.28. The minimum atomic E-state index is -0.858. The highest BCUT2D eigenvalue weighted by Gasteiger charge is 2.35. The van der Waals surface area contributed by atoms with Crippen molar-refractivity contribution in [3.8, 4) is 0 Å². The molecule has 0 unspecified atom stereocenters. The molecule has 1 rings (SSSR count). The molecule has 0 aromatic rings. The van der Waals surface area contributed by atoms with Gasteiger partial charge in [-0.25, -0.2) is 4.79 Å². The van der Waals surface area contributed by atoms with Crippen LogP contribution >= 0.6 is 0 Å². The number of carboxylic acid groups (broad SMARTS) is 1. The van der Waals surface area contributed by atoms with Crippen molar-refractivity contribution in [2.24, 2.45) is 0 Å². The minimum Gasteiger partial charge on any atom is -0.465 e. The predicted octanol–water partition coefficient (Wildman–Crippen LogP) is 2.07. The van der Waals surface area contributed by atoms with E-state index < -0.39 is 6.09 Å². The van der Waals surface area contributed by atoms with E-state index in [4.69, 9.17) is 0 Å². The second-order valence-electron chi connectivity index (χ2n) is 5.29. The van der Waals surface area contributed by atoms with Crippen molar-refractivity contribution < 1.29 is 15.0 Å². The normalized spacial score (nSPS) is 27.5. The van der Waals surface area contributed by atoms with E-state index >= 15 is 0 Å². The van der Waals surface area contributed by atoms with Gasteiger partial charge in [0, 0.05) is 11.6 Å². The summed E-state index contributed by atoms with van der Waals surface area (Å²) in [6.07, 6.45) is 1.87. The standard InChI is InChI=1S/C11H21NO3/c1-11(2,3)12(10(14)15)8-4-6-9(13)7-5-8/h8-9,13H,4-7H2,1-3H3,(H,14,15)/t8-,9+. The molecule has 0 heterocycles. The molecule has 1 amide bonds. The third kappa shape index (κ3) is 3.09. The van der Waals surface area contributed by atoms with E-state index in [0.29, 0.717) is 12.8 Å². The molecule has 0 radical (unpaired) electrons. The Kier molecular flexibility index (Phi) is 3.60. The van der Waals surface area contributed by atoms with Gasteiger partial charge in [-0.15, -0.1) is 0 Å². The Bertz CT molecular complexity index is 226. The van der Waals surface area contributed by atoms with Crippen LogP contribution in [0.1, 0.15) is 46.5 Å². The van der Waals surface area contributed by atoms with Crippen molar-refractivity contribution in [1.29, 1.82) is 0 Å². The van der Waals surface area contributed by atoms with Crippen molar-refractivity contribution >= 4 is 6.09 Å². The quantitative estimate of drug-likeness (QED) is 0.704. The van der Waals surface area contributed by atoms with E-state index in [1.54, 1.807) is 0 Å². The van der Waals surface area contributed by atoms with Gasteiger partial charge in [0.25, 0.3) is 0 Å². The summed E-state index contributed by atoms with van der Waals surface area (Å²) in [4.78, 5) is 12.7. The van der Waals surface area contributed by atoms with Crippen LogP contribution in [0.25, 0.3) is 0 Å². The highest BCUT2D eigenvalue weighted by molar-refractivity contribution is 5.66. The molecular formula is C11H21NO3. The van der Waals surface area contributed by atoms with Gasteiger partial charge in [0.05, 0.1) is 6.10 Å². The fraction of sp³-hybridized carbons (Fsp3) is 0.909. The molecule has 0 atom stereocenters. The van der Waals surface area contributed by atoms with Crippen LogP contribution in [0, 0.1) is 0 Å². The van der Waals surface area contributed by atoms with Gasteiger partial charge in [-0.2, -0.15) is 0 Å². The van der Waals surface area contributed by atoms with Gasteiger partial charge in [-0.1, -0.05) is 0 Å². The van der Waals surface area contributed by atoms with Gasteiger partial charge in [0.1, 0.15) is 0 Å². The van der Waals surface area contributed by atoms with Gasteiger partial charge >= 0.3 is 6.09 Å². The SMILES string of the molecule is CC(C)(C)N(C(=O)O)[C@H]1CC[C@@H](O)CC1. The van der Waals surface area contributed by atoms with Crippen molar-refractivity contribution in [2.75, 3.05) is 0 Å². The molecular weight excluding hydrogens is 194 g/mol. The van der Waals surface area contributed by atoms with E-state index in [1.807, 2.05) is 20.8 Å². The Morgan fingerprint density at radius 1 is 1.20 bits per heavy atom. The Morgan fingerprint density at radius 3 is 2.00 bits per heavy atom. The topological polar surface area (TPSA) is 60.8 Å². The lowest BCUT2D eigenvalue weighted by molar-refractivity contribution is 0.0310. The van der Waals surface area contributed by atoms with Crippen LogP contribution in [-0.4, -0.2) is 38.9 Å². The molecule has 1 aliphatic carbocycles. The molecule has 4 heteroatoms. The molecule has 2 N–H and O–H groups in total. The van der Waals surface area contributed by atoms with Gasteiger partial charge < -0.3 is 15.1 Å². The Labute approximate surface area is 90.9 Å². The lowest BCUT2D eigenvalue weighted by Gasteiger charge is -2.42. The molecule has 1 fully saturated rings. The molecule has 0 aromatic heterocycles. The first-order valence-electron chi connectivity index (χ1n) is 5.52. The van der Waals surface area contributed by atoms with Crippen LogP contribution in [0.5, 0.6) is 0 Å². The summed E-state index contributed by atoms with van der Waals surface area (Å²) in [6.45, 7) is 5.73. The average Bonchev–Trinajstić information content (AvgIpc) is 2.05. The van der Waals surface area contributed by atoms with Crippen LogP contribution in [0.3, 0.4) is 0 Å². The monoisotopic (exact) mass is 215 g/mol. The molecule has 1 aliphatic rings. The highest BCUT2D eigenvalue weighted by atomic mass is 16.4. The first-order chi connectivity index (χ1) is 6.82. The summed E-state index contributed by atoms with van der Waals surface area (Å²) in [7, 11) is 0. The second-order valence-corrected chi connectivity index (χ2v) is 5.29. The van der Waals surface area contributed by atoms with Crippen molar-refractivity contribution in [3.63, 3.8) is 0 Å². The maximum Gasteiger partial charge on any atom is 0.407 e. The summed E-state index contributed by atoms with van der Waals surface area (Å²) in [6, 6.07) is 0.0610. The zero-order valence-corrected chi connectivity index (χ0v) is 9.73. The van der Waals surface area contributed by atoms with Gasteiger partial charge in [-0.05, 0) is 46.5 Å². The molecule has 0 saturated heterocycles. The smallest absolute Gasteiger partial charge is 0.407 e.